The summed E-state index contributed by atoms with van der Waals surface area (Å²) in [6.45, 7) is 6.60. The summed E-state index contributed by atoms with van der Waals surface area (Å²) in [7, 11) is 0. The molecule has 4 nitrogen and oxygen atoms in total. The molecule has 1 fully saturated rings. The number of aliphatic hydroxyl groups is 1. The highest BCUT2D eigenvalue weighted by molar-refractivity contribution is 5.28. The number of aliphatic hydroxyl groups excluding tert-OH is 1. The lowest BCUT2D eigenvalue weighted by Crippen LogP contribution is -2.38. The molecule has 0 amide bonds. The summed E-state index contributed by atoms with van der Waals surface area (Å²) in [5, 5.41) is 10.2. The Bertz CT molecular complexity index is 347. The minimum atomic E-state index is -0.446. The van der Waals surface area contributed by atoms with Crippen LogP contribution in [-0.4, -0.2) is 49.5 Å². The second-order valence-electron chi connectivity index (χ2n) is 4.43. The number of hydrogen-bond donors (Lipinski definition) is 1. The molecule has 18 heavy (non-hydrogen) atoms. The third-order valence-corrected chi connectivity index (χ3v) is 3.11. The molecule has 1 aromatic carbocycles. The molecule has 0 aromatic heterocycles. The van der Waals surface area contributed by atoms with Gasteiger partial charge in [-0.15, -0.1) is 0 Å². The van der Waals surface area contributed by atoms with E-state index in [1.807, 2.05) is 31.2 Å². The number of rotatable bonds is 5. The van der Waals surface area contributed by atoms with Crippen LogP contribution in [-0.2, 0) is 4.74 Å². The van der Waals surface area contributed by atoms with Crippen LogP contribution < -0.4 is 4.74 Å². The summed E-state index contributed by atoms with van der Waals surface area (Å²) >= 11 is 0. The third-order valence-electron chi connectivity index (χ3n) is 3.11. The zero-order chi connectivity index (χ0) is 12.8. The third kappa shape index (κ3) is 3.70. The molecule has 1 unspecified atom stereocenters. The van der Waals surface area contributed by atoms with Crippen LogP contribution in [0, 0.1) is 0 Å². The lowest BCUT2D eigenvalue weighted by atomic mass is 10.1. The number of morpholine rings is 1. The minimum absolute atomic E-state index is 0.446. The van der Waals surface area contributed by atoms with Crippen LogP contribution in [0.15, 0.2) is 24.3 Å². The quantitative estimate of drug-likeness (QED) is 0.860. The Morgan fingerprint density at radius 1 is 1.28 bits per heavy atom. The first kappa shape index (κ1) is 13.3. The maximum Gasteiger partial charge on any atom is 0.119 e. The largest absolute Gasteiger partial charge is 0.494 e. The van der Waals surface area contributed by atoms with Crippen molar-refractivity contribution in [3.8, 4) is 5.75 Å². The first-order chi connectivity index (χ1) is 8.79. The van der Waals surface area contributed by atoms with Gasteiger partial charge in [0.2, 0.25) is 0 Å². The fraction of sp³-hybridized carbons (Fsp3) is 0.571. The smallest absolute Gasteiger partial charge is 0.119 e. The van der Waals surface area contributed by atoms with Gasteiger partial charge in [0.1, 0.15) is 5.75 Å². The van der Waals surface area contributed by atoms with Crippen LogP contribution in [0.3, 0.4) is 0 Å². The number of ether oxygens (including phenoxy) is 2. The molecule has 2 rings (SSSR count). The molecule has 1 atom stereocenters. The van der Waals surface area contributed by atoms with Crippen molar-refractivity contribution in [2.75, 3.05) is 39.5 Å². The Morgan fingerprint density at radius 2 is 1.94 bits per heavy atom. The van der Waals surface area contributed by atoms with Crippen LogP contribution in [0.25, 0.3) is 0 Å². The SMILES string of the molecule is CCOc1ccc(C(O)CN2CCOCC2)cc1. The predicted octanol–water partition coefficient (Wildman–Crippen LogP) is 1.45. The van der Waals surface area contributed by atoms with Crippen molar-refractivity contribution in [1.82, 2.24) is 4.90 Å². The average molecular weight is 251 g/mol. The highest BCUT2D eigenvalue weighted by atomic mass is 16.5. The zero-order valence-electron chi connectivity index (χ0n) is 10.8. The number of hydrogen-bond acceptors (Lipinski definition) is 4. The summed E-state index contributed by atoms with van der Waals surface area (Å²) in [5.41, 5.74) is 0.935. The second kappa shape index (κ2) is 6.73. The molecule has 0 radical (unpaired) electrons. The van der Waals surface area contributed by atoms with Crippen molar-refractivity contribution < 1.29 is 14.6 Å². The second-order valence-corrected chi connectivity index (χ2v) is 4.43. The van der Waals surface area contributed by atoms with E-state index in [9.17, 15) is 5.11 Å². The van der Waals surface area contributed by atoms with Gasteiger partial charge in [-0.1, -0.05) is 12.1 Å². The topological polar surface area (TPSA) is 41.9 Å². The molecular weight excluding hydrogens is 230 g/mol. The highest BCUT2D eigenvalue weighted by Crippen LogP contribution is 2.19. The summed E-state index contributed by atoms with van der Waals surface area (Å²) < 4.78 is 10.7. The monoisotopic (exact) mass is 251 g/mol. The lowest BCUT2D eigenvalue weighted by Gasteiger charge is -2.28. The molecule has 1 heterocycles. The molecule has 0 spiro atoms. The fourth-order valence-electron chi connectivity index (χ4n) is 2.09. The van der Waals surface area contributed by atoms with Gasteiger partial charge in [-0.05, 0) is 24.6 Å². The average Bonchev–Trinajstić information content (AvgIpc) is 2.41. The van der Waals surface area contributed by atoms with Crippen LogP contribution in [0.5, 0.6) is 5.75 Å². The Kier molecular flexibility index (Phi) is 4.99. The van der Waals surface area contributed by atoms with Crippen LogP contribution >= 0.6 is 0 Å². The molecular formula is C14H21NO3. The summed E-state index contributed by atoms with van der Waals surface area (Å²) in [5.74, 6) is 0.847. The van der Waals surface area contributed by atoms with E-state index in [0.717, 1.165) is 37.6 Å². The van der Waals surface area contributed by atoms with E-state index in [-0.39, 0.29) is 0 Å². The van der Waals surface area contributed by atoms with Gasteiger partial charge in [-0.2, -0.15) is 0 Å². The maximum atomic E-state index is 10.2. The summed E-state index contributed by atoms with van der Waals surface area (Å²) in [4.78, 5) is 2.23. The fourth-order valence-corrected chi connectivity index (χ4v) is 2.09. The molecule has 0 aliphatic carbocycles. The van der Waals surface area contributed by atoms with Crippen LogP contribution in [0.1, 0.15) is 18.6 Å². The van der Waals surface area contributed by atoms with E-state index in [1.165, 1.54) is 0 Å². The standard InChI is InChI=1S/C14H21NO3/c1-2-18-13-5-3-12(4-6-13)14(16)11-15-7-9-17-10-8-15/h3-6,14,16H,2,7-11H2,1H3. The normalized spacial score (nSPS) is 18.6. The summed E-state index contributed by atoms with van der Waals surface area (Å²) in [6.07, 6.45) is -0.446. The van der Waals surface area contributed by atoms with E-state index in [4.69, 9.17) is 9.47 Å². The first-order valence-electron chi connectivity index (χ1n) is 6.50. The number of benzene rings is 1. The number of β-amino-alcohol motifs (C(OH)–C–C–N with tert-alkyl or cyclic N) is 1. The molecule has 1 aromatic rings. The Labute approximate surface area is 108 Å². The van der Waals surface area contributed by atoms with Crippen molar-refractivity contribution in [1.29, 1.82) is 0 Å². The molecule has 1 N–H and O–H groups in total. The minimum Gasteiger partial charge on any atom is -0.494 e. The van der Waals surface area contributed by atoms with E-state index in [0.29, 0.717) is 13.2 Å². The number of nitrogens with zero attached hydrogens (tertiary/aromatic N) is 1. The molecule has 1 aliphatic heterocycles. The van der Waals surface area contributed by atoms with Gasteiger partial charge in [0.15, 0.2) is 0 Å². The molecule has 100 valence electrons. The Morgan fingerprint density at radius 3 is 2.56 bits per heavy atom. The van der Waals surface area contributed by atoms with Crippen LogP contribution in [0.4, 0.5) is 0 Å². The summed E-state index contributed by atoms with van der Waals surface area (Å²) in [6, 6.07) is 7.66. The molecule has 1 aliphatic rings. The van der Waals surface area contributed by atoms with E-state index < -0.39 is 6.10 Å². The predicted molar refractivity (Wildman–Crippen MR) is 69.8 cm³/mol. The van der Waals surface area contributed by atoms with Gasteiger partial charge >= 0.3 is 0 Å². The molecule has 1 saturated heterocycles. The van der Waals surface area contributed by atoms with Crippen molar-refractivity contribution in [3.63, 3.8) is 0 Å². The van der Waals surface area contributed by atoms with Crippen LogP contribution in [0.2, 0.25) is 0 Å². The van der Waals surface area contributed by atoms with Gasteiger partial charge in [-0.3, -0.25) is 4.90 Å². The van der Waals surface area contributed by atoms with E-state index >= 15 is 0 Å². The maximum absolute atomic E-state index is 10.2. The highest BCUT2D eigenvalue weighted by Gasteiger charge is 2.16. The van der Waals surface area contributed by atoms with Gasteiger partial charge in [0.05, 0.1) is 25.9 Å². The van der Waals surface area contributed by atoms with E-state index in [1.54, 1.807) is 0 Å². The first-order valence-corrected chi connectivity index (χ1v) is 6.50. The Balaban J connectivity index is 1.89. The molecule has 4 heteroatoms. The van der Waals surface area contributed by atoms with Gasteiger partial charge in [0, 0.05) is 19.6 Å². The van der Waals surface area contributed by atoms with Crippen molar-refractivity contribution in [3.05, 3.63) is 29.8 Å². The van der Waals surface area contributed by atoms with E-state index in [2.05, 4.69) is 4.90 Å². The Hall–Kier alpha value is -1.10. The van der Waals surface area contributed by atoms with Crippen molar-refractivity contribution in [2.24, 2.45) is 0 Å². The zero-order valence-corrected chi connectivity index (χ0v) is 10.8. The van der Waals surface area contributed by atoms with Crippen molar-refractivity contribution >= 4 is 0 Å². The molecule has 0 saturated carbocycles. The van der Waals surface area contributed by atoms with Gasteiger partial charge in [0.25, 0.3) is 0 Å². The van der Waals surface area contributed by atoms with Gasteiger partial charge in [-0.25, -0.2) is 0 Å². The molecule has 0 bridgehead atoms. The van der Waals surface area contributed by atoms with Gasteiger partial charge < -0.3 is 14.6 Å². The van der Waals surface area contributed by atoms with Crippen molar-refractivity contribution in [2.45, 2.75) is 13.0 Å². The lowest BCUT2D eigenvalue weighted by molar-refractivity contribution is 0.0143.